The van der Waals surface area contributed by atoms with Crippen molar-refractivity contribution < 1.29 is 23.5 Å². The summed E-state index contributed by atoms with van der Waals surface area (Å²) < 4.78 is 16.2. The van der Waals surface area contributed by atoms with Crippen LogP contribution in [-0.4, -0.2) is 61.6 Å². The summed E-state index contributed by atoms with van der Waals surface area (Å²) in [4.78, 5) is 27.8. The van der Waals surface area contributed by atoms with Crippen molar-refractivity contribution in [1.82, 2.24) is 9.80 Å². The van der Waals surface area contributed by atoms with Crippen LogP contribution in [0.3, 0.4) is 0 Å². The maximum Gasteiger partial charge on any atom is 0.254 e. The number of amides is 2. The van der Waals surface area contributed by atoms with Gasteiger partial charge in [-0.2, -0.15) is 0 Å². The van der Waals surface area contributed by atoms with Crippen LogP contribution in [0, 0.1) is 0 Å². The second kappa shape index (κ2) is 9.41. The Morgan fingerprint density at radius 2 is 1.89 bits per heavy atom. The summed E-state index contributed by atoms with van der Waals surface area (Å²) in [7, 11) is 3.27. The zero-order valence-corrected chi connectivity index (χ0v) is 16.3. The van der Waals surface area contributed by atoms with Crippen LogP contribution in [0.4, 0.5) is 0 Å². The number of rotatable bonds is 7. The number of furan rings is 1. The fourth-order valence-electron chi connectivity index (χ4n) is 3.23. The molecule has 7 nitrogen and oxygen atoms in total. The lowest BCUT2D eigenvalue weighted by Gasteiger charge is -2.32. The van der Waals surface area contributed by atoms with Gasteiger partial charge in [0.05, 0.1) is 12.8 Å². The van der Waals surface area contributed by atoms with Crippen molar-refractivity contribution in [1.29, 1.82) is 0 Å². The molecule has 1 aliphatic rings. The van der Waals surface area contributed by atoms with Gasteiger partial charge >= 0.3 is 0 Å². The summed E-state index contributed by atoms with van der Waals surface area (Å²) >= 11 is 0. The lowest BCUT2D eigenvalue weighted by Crippen LogP contribution is -2.43. The van der Waals surface area contributed by atoms with E-state index in [2.05, 4.69) is 0 Å². The van der Waals surface area contributed by atoms with E-state index in [-0.39, 0.29) is 24.5 Å². The van der Waals surface area contributed by atoms with Crippen LogP contribution < -0.4 is 4.74 Å². The van der Waals surface area contributed by atoms with Crippen LogP contribution in [0.25, 0.3) is 0 Å². The molecule has 150 valence electrons. The number of benzene rings is 1. The number of ether oxygens (including phenoxy) is 2. The highest BCUT2D eigenvalue weighted by molar-refractivity contribution is 5.94. The van der Waals surface area contributed by atoms with Crippen LogP contribution in [0.2, 0.25) is 0 Å². The summed E-state index contributed by atoms with van der Waals surface area (Å²) in [5.41, 5.74) is 0.599. The molecule has 0 N–H and O–H groups in total. The van der Waals surface area contributed by atoms with E-state index in [1.54, 1.807) is 41.3 Å². The van der Waals surface area contributed by atoms with E-state index in [0.29, 0.717) is 25.2 Å². The first-order valence-electron chi connectivity index (χ1n) is 9.38. The maximum atomic E-state index is 12.5. The van der Waals surface area contributed by atoms with Crippen LogP contribution in [0.15, 0.2) is 47.1 Å². The molecule has 7 heteroatoms. The van der Waals surface area contributed by atoms with E-state index in [0.717, 1.165) is 24.4 Å². The van der Waals surface area contributed by atoms with Gasteiger partial charge in [-0.1, -0.05) is 0 Å². The number of carbonyl (C=O) groups excluding carboxylic acids is 2. The minimum atomic E-state index is -0.0760. The standard InChI is InChI=1S/C21H26N2O5/c1-22(14-19-4-3-13-27-19)21(25)16-5-7-17(8-6-16)28-18-9-11-23(12-10-18)20(24)15-26-2/h3-8,13,18H,9-12,14-15H2,1-2H3. The van der Waals surface area contributed by atoms with Gasteiger partial charge in [0.15, 0.2) is 0 Å². The first kappa shape index (κ1) is 19.9. The minimum Gasteiger partial charge on any atom is -0.490 e. The predicted octanol–water partition coefficient (Wildman–Crippen LogP) is 2.57. The Labute approximate surface area is 164 Å². The average molecular weight is 386 g/mol. The monoisotopic (exact) mass is 386 g/mol. The molecular formula is C21H26N2O5. The normalized spacial score (nSPS) is 14.7. The van der Waals surface area contributed by atoms with Gasteiger partial charge in [-0.15, -0.1) is 0 Å². The number of likely N-dealkylation sites (tertiary alicyclic amines) is 1. The highest BCUT2D eigenvalue weighted by atomic mass is 16.5. The summed E-state index contributed by atoms with van der Waals surface area (Å²) in [5, 5.41) is 0. The summed E-state index contributed by atoms with van der Waals surface area (Å²) in [6.07, 6.45) is 3.22. The third-order valence-corrected chi connectivity index (χ3v) is 4.79. The van der Waals surface area contributed by atoms with E-state index in [4.69, 9.17) is 13.9 Å². The Kier molecular flexibility index (Phi) is 6.71. The summed E-state index contributed by atoms with van der Waals surface area (Å²) in [5.74, 6) is 1.41. The smallest absolute Gasteiger partial charge is 0.254 e. The topological polar surface area (TPSA) is 72.2 Å². The first-order chi connectivity index (χ1) is 13.6. The molecule has 0 spiro atoms. The SMILES string of the molecule is COCC(=O)N1CCC(Oc2ccc(C(=O)N(C)Cc3ccco3)cc2)CC1. The van der Waals surface area contributed by atoms with Crippen molar-refractivity contribution in [3.05, 3.63) is 54.0 Å². The summed E-state index contributed by atoms with van der Waals surface area (Å²) in [6, 6.07) is 10.8. The van der Waals surface area contributed by atoms with Crippen molar-refractivity contribution in [3.63, 3.8) is 0 Å². The molecule has 1 saturated heterocycles. The van der Waals surface area contributed by atoms with E-state index in [1.807, 2.05) is 18.2 Å². The van der Waals surface area contributed by atoms with Crippen molar-refractivity contribution in [2.24, 2.45) is 0 Å². The molecule has 0 saturated carbocycles. The Balaban J connectivity index is 1.49. The lowest BCUT2D eigenvalue weighted by molar-refractivity contribution is -0.136. The molecule has 1 fully saturated rings. The molecule has 1 aromatic carbocycles. The van der Waals surface area contributed by atoms with Crippen molar-refractivity contribution >= 4 is 11.8 Å². The van der Waals surface area contributed by atoms with Crippen molar-refractivity contribution in [2.45, 2.75) is 25.5 Å². The molecular weight excluding hydrogens is 360 g/mol. The van der Waals surface area contributed by atoms with E-state index >= 15 is 0 Å². The molecule has 0 bridgehead atoms. The largest absolute Gasteiger partial charge is 0.490 e. The zero-order chi connectivity index (χ0) is 19.9. The molecule has 2 aromatic rings. The second-order valence-corrected chi connectivity index (χ2v) is 6.90. The van der Waals surface area contributed by atoms with Crippen molar-refractivity contribution in [2.75, 3.05) is 33.9 Å². The van der Waals surface area contributed by atoms with Gasteiger partial charge in [0, 0.05) is 45.7 Å². The molecule has 2 heterocycles. The Morgan fingerprint density at radius 3 is 2.50 bits per heavy atom. The Bertz CT molecular complexity index is 765. The number of methoxy groups -OCH3 is 1. The second-order valence-electron chi connectivity index (χ2n) is 6.90. The Hall–Kier alpha value is -2.80. The first-order valence-corrected chi connectivity index (χ1v) is 9.38. The van der Waals surface area contributed by atoms with Gasteiger partial charge in [-0.25, -0.2) is 0 Å². The summed E-state index contributed by atoms with van der Waals surface area (Å²) in [6.45, 7) is 1.88. The molecule has 2 amide bonds. The number of carbonyl (C=O) groups is 2. The van der Waals surface area contributed by atoms with Crippen LogP contribution >= 0.6 is 0 Å². The highest BCUT2D eigenvalue weighted by Gasteiger charge is 2.23. The number of piperidine rings is 1. The Morgan fingerprint density at radius 1 is 1.18 bits per heavy atom. The zero-order valence-electron chi connectivity index (χ0n) is 16.3. The molecule has 0 unspecified atom stereocenters. The fraction of sp³-hybridized carbons (Fsp3) is 0.429. The van der Waals surface area contributed by atoms with Crippen LogP contribution in [0.5, 0.6) is 5.75 Å². The maximum absolute atomic E-state index is 12.5. The van der Waals surface area contributed by atoms with Gasteiger partial charge in [-0.3, -0.25) is 9.59 Å². The molecule has 3 rings (SSSR count). The lowest BCUT2D eigenvalue weighted by atomic mass is 10.1. The third kappa shape index (κ3) is 5.13. The van der Waals surface area contributed by atoms with Gasteiger partial charge in [0.1, 0.15) is 24.2 Å². The van der Waals surface area contributed by atoms with Crippen LogP contribution in [0.1, 0.15) is 29.0 Å². The van der Waals surface area contributed by atoms with Crippen molar-refractivity contribution in [3.8, 4) is 5.75 Å². The van der Waals surface area contributed by atoms with Gasteiger partial charge in [0.25, 0.3) is 5.91 Å². The fourth-order valence-corrected chi connectivity index (χ4v) is 3.23. The molecule has 1 aromatic heterocycles. The van der Waals surface area contributed by atoms with E-state index < -0.39 is 0 Å². The van der Waals surface area contributed by atoms with E-state index in [1.165, 1.54) is 7.11 Å². The number of hydrogen-bond donors (Lipinski definition) is 0. The van der Waals surface area contributed by atoms with Crippen LogP contribution in [-0.2, 0) is 16.1 Å². The molecule has 0 atom stereocenters. The van der Waals surface area contributed by atoms with E-state index in [9.17, 15) is 9.59 Å². The predicted molar refractivity (Wildman–Crippen MR) is 103 cm³/mol. The average Bonchev–Trinajstić information content (AvgIpc) is 3.22. The van der Waals surface area contributed by atoms with Gasteiger partial charge in [0.2, 0.25) is 5.91 Å². The quantitative estimate of drug-likeness (QED) is 0.731. The number of nitrogens with zero attached hydrogens (tertiary/aromatic N) is 2. The van der Waals surface area contributed by atoms with Gasteiger partial charge in [-0.05, 0) is 36.4 Å². The van der Waals surface area contributed by atoms with Gasteiger partial charge < -0.3 is 23.7 Å². The molecule has 0 aliphatic carbocycles. The number of hydrogen-bond acceptors (Lipinski definition) is 5. The molecule has 1 aliphatic heterocycles. The minimum absolute atomic E-state index is 0.0162. The molecule has 0 radical (unpaired) electrons. The third-order valence-electron chi connectivity index (χ3n) is 4.79. The molecule has 28 heavy (non-hydrogen) atoms. The highest BCUT2D eigenvalue weighted by Crippen LogP contribution is 2.20.